The van der Waals surface area contributed by atoms with Gasteiger partial charge in [-0.15, -0.1) is 0 Å². The molecule has 6 nitrogen and oxygen atoms in total. The van der Waals surface area contributed by atoms with Gasteiger partial charge in [0.1, 0.15) is 0 Å². The monoisotopic (exact) mass is 984 g/mol. The van der Waals surface area contributed by atoms with Gasteiger partial charge in [0.2, 0.25) is 5.91 Å². The van der Waals surface area contributed by atoms with E-state index in [4.69, 9.17) is 4.74 Å². The van der Waals surface area contributed by atoms with Gasteiger partial charge in [0.05, 0.1) is 25.4 Å². The van der Waals surface area contributed by atoms with Crippen molar-refractivity contribution in [3.8, 4) is 0 Å². The highest BCUT2D eigenvalue weighted by molar-refractivity contribution is 5.76. The van der Waals surface area contributed by atoms with Crippen molar-refractivity contribution in [1.29, 1.82) is 0 Å². The molecule has 0 heterocycles. The molecule has 0 spiro atoms. The highest BCUT2D eigenvalue weighted by Crippen LogP contribution is 2.17. The van der Waals surface area contributed by atoms with Crippen molar-refractivity contribution >= 4 is 11.9 Å². The van der Waals surface area contributed by atoms with Crippen LogP contribution in [0.4, 0.5) is 0 Å². The lowest BCUT2D eigenvalue weighted by atomic mass is 10.0. The number of carbonyl (C=O) groups excluding carboxylic acids is 2. The van der Waals surface area contributed by atoms with Crippen molar-refractivity contribution in [2.45, 2.75) is 347 Å². The third kappa shape index (κ3) is 55.4. The molecule has 3 N–H and O–H groups in total. The Bertz CT molecular complexity index is 1130. The molecule has 0 rings (SSSR count). The van der Waals surface area contributed by atoms with E-state index in [1.807, 2.05) is 0 Å². The zero-order valence-electron chi connectivity index (χ0n) is 47.0. The van der Waals surface area contributed by atoms with E-state index in [9.17, 15) is 19.8 Å². The first-order valence-electron chi connectivity index (χ1n) is 31.3. The predicted molar refractivity (Wildman–Crippen MR) is 306 cm³/mol. The van der Waals surface area contributed by atoms with Gasteiger partial charge in [-0.05, 0) is 83.5 Å². The fraction of sp³-hybridized carbons (Fsp3) is 0.875. The molecule has 0 saturated carbocycles. The lowest BCUT2D eigenvalue weighted by molar-refractivity contribution is -0.143. The summed E-state index contributed by atoms with van der Waals surface area (Å²) in [6.07, 6.45) is 74.3. The van der Waals surface area contributed by atoms with Crippen LogP contribution in [0.2, 0.25) is 0 Å². The van der Waals surface area contributed by atoms with Crippen LogP contribution in [0.15, 0.2) is 36.5 Å². The summed E-state index contributed by atoms with van der Waals surface area (Å²) >= 11 is 0. The van der Waals surface area contributed by atoms with Crippen molar-refractivity contribution < 1.29 is 24.5 Å². The fourth-order valence-electron chi connectivity index (χ4n) is 9.63. The zero-order chi connectivity index (χ0) is 50.7. The van der Waals surface area contributed by atoms with Gasteiger partial charge in [-0.25, -0.2) is 0 Å². The van der Waals surface area contributed by atoms with Crippen molar-refractivity contribution in [1.82, 2.24) is 5.32 Å². The van der Waals surface area contributed by atoms with Crippen molar-refractivity contribution in [2.24, 2.45) is 0 Å². The Morgan fingerprint density at radius 2 is 0.714 bits per heavy atom. The summed E-state index contributed by atoms with van der Waals surface area (Å²) in [7, 11) is 0. The van der Waals surface area contributed by atoms with E-state index < -0.39 is 12.1 Å². The molecule has 2 atom stereocenters. The Hall–Kier alpha value is -1.92. The Kier molecular flexibility index (Phi) is 58.0. The summed E-state index contributed by atoms with van der Waals surface area (Å²) in [5.41, 5.74) is 0. The maximum absolute atomic E-state index is 12.5. The van der Waals surface area contributed by atoms with Gasteiger partial charge in [0, 0.05) is 12.8 Å². The number of amides is 1. The highest BCUT2D eigenvalue weighted by atomic mass is 16.5. The summed E-state index contributed by atoms with van der Waals surface area (Å²) in [6, 6.07) is -0.550. The SMILES string of the molecule is CCCCCCCCC/C=C\CCCCCCCC(=O)OCCCCC/C=C\C=C/CCCCCCCCCCCCC(=O)NC(CO)C(O)CCCCCCCCCCCCCCCCCCCC. The first-order valence-corrected chi connectivity index (χ1v) is 31.3. The van der Waals surface area contributed by atoms with Gasteiger partial charge in [-0.2, -0.15) is 0 Å². The molecule has 0 aromatic carbocycles. The minimum atomic E-state index is -0.672. The van der Waals surface area contributed by atoms with E-state index in [0.717, 1.165) is 70.6 Å². The standard InChI is InChI=1S/C64H121NO5/c1-3-5-7-9-11-13-15-17-19-21-25-28-32-36-40-44-48-52-56-62(67)61(60-66)65-63(68)57-53-49-45-41-37-33-29-26-23-22-24-27-31-35-39-43-47-51-55-59-70-64(69)58-54-50-46-42-38-34-30-20-18-16-14-12-10-8-6-4-2/h20,27,30-31,35,39,61-62,66-67H,3-19,21-26,28-29,32-34,36-38,40-60H2,1-2H3,(H,65,68)/b30-20-,31-27-,39-35-. The molecule has 412 valence electrons. The summed E-state index contributed by atoms with van der Waals surface area (Å²) in [5.74, 6) is -0.0633. The number of aliphatic hydroxyl groups is 2. The molecule has 0 aliphatic rings. The van der Waals surface area contributed by atoms with Gasteiger partial charge in [0.15, 0.2) is 0 Å². The first-order chi connectivity index (χ1) is 34.5. The average molecular weight is 985 g/mol. The summed E-state index contributed by atoms with van der Waals surface area (Å²) in [5, 5.41) is 23.3. The molecule has 0 aliphatic carbocycles. The Labute approximate surface area is 436 Å². The smallest absolute Gasteiger partial charge is 0.305 e. The van der Waals surface area contributed by atoms with E-state index >= 15 is 0 Å². The molecule has 0 aromatic heterocycles. The summed E-state index contributed by atoms with van der Waals surface area (Å²) in [6.45, 7) is 4.92. The van der Waals surface area contributed by atoms with Gasteiger partial charge < -0.3 is 20.3 Å². The average Bonchev–Trinajstić information content (AvgIpc) is 3.36. The van der Waals surface area contributed by atoms with Crippen LogP contribution in [-0.2, 0) is 14.3 Å². The predicted octanol–water partition coefficient (Wildman–Crippen LogP) is 19.6. The molecule has 0 aliphatic heterocycles. The molecule has 0 aromatic rings. The van der Waals surface area contributed by atoms with E-state index in [1.54, 1.807) is 0 Å². The number of aliphatic hydroxyl groups excluding tert-OH is 2. The summed E-state index contributed by atoms with van der Waals surface area (Å²) < 4.78 is 5.46. The van der Waals surface area contributed by atoms with Crippen molar-refractivity contribution in [2.75, 3.05) is 13.2 Å². The number of unbranched alkanes of at least 4 members (excludes halogenated alkanes) is 42. The van der Waals surface area contributed by atoms with E-state index in [0.29, 0.717) is 25.9 Å². The van der Waals surface area contributed by atoms with Crippen LogP contribution < -0.4 is 5.32 Å². The second kappa shape index (κ2) is 59.6. The third-order valence-electron chi connectivity index (χ3n) is 14.4. The molecule has 0 fully saturated rings. The van der Waals surface area contributed by atoms with E-state index in [2.05, 4.69) is 55.6 Å². The highest BCUT2D eigenvalue weighted by Gasteiger charge is 2.20. The van der Waals surface area contributed by atoms with Gasteiger partial charge in [-0.3, -0.25) is 9.59 Å². The van der Waals surface area contributed by atoms with Crippen LogP contribution in [0.3, 0.4) is 0 Å². The molecule has 1 amide bonds. The Morgan fingerprint density at radius 3 is 1.10 bits per heavy atom. The number of hydrogen-bond donors (Lipinski definition) is 3. The van der Waals surface area contributed by atoms with Gasteiger partial charge in [-0.1, -0.05) is 275 Å². The first kappa shape index (κ1) is 68.1. The maximum atomic E-state index is 12.5. The largest absolute Gasteiger partial charge is 0.466 e. The normalized spacial score (nSPS) is 12.8. The van der Waals surface area contributed by atoms with Crippen LogP contribution in [0.5, 0.6) is 0 Å². The van der Waals surface area contributed by atoms with Crippen LogP contribution in [-0.4, -0.2) is 47.4 Å². The molecule has 0 bridgehead atoms. The van der Waals surface area contributed by atoms with Crippen LogP contribution in [0, 0.1) is 0 Å². The fourth-order valence-corrected chi connectivity index (χ4v) is 9.63. The van der Waals surface area contributed by atoms with Crippen LogP contribution in [0.25, 0.3) is 0 Å². The molecular weight excluding hydrogens is 863 g/mol. The van der Waals surface area contributed by atoms with Crippen molar-refractivity contribution in [3.05, 3.63) is 36.5 Å². The van der Waals surface area contributed by atoms with Gasteiger partial charge in [0.25, 0.3) is 0 Å². The lowest BCUT2D eigenvalue weighted by Crippen LogP contribution is -2.45. The quantitative estimate of drug-likeness (QED) is 0.0244. The minimum absolute atomic E-state index is 0.0204. The number of allylic oxidation sites excluding steroid dienone is 6. The Morgan fingerprint density at radius 1 is 0.400 bits per heavy atom. The molecular formula is C64H121NO5. The second-order valence-corrected chi connectivity index (χ2v) is 21.4. The number of esters is 1. The van der Waals surface area contributed by atoms with E-state index in [-0.39, 0.29) is 18.5 Å². The Balaban J connectivity index is 3.48. The molecule has 6 heteroatoms. The number of hydrogen-bond acceptors (Lipinski definition) is 5. The van der Waals surface area contributed by atoms with Crippen LogP contribution in [0.1, 0.15) is 335 Å². The molecule has 0 radical (unpaired) electrons. The minimum Gasteiger partial charge on any atom is -0.466 e. The summed E-state index contributed by atoms with van der Waals surface area (Å²) in [4.78, 5) is 24.6. The number of rotatable bonds is 58. The molecule has 0 saturated heterocycles. The van der Waals surface area contributed by atoms with Gasteiger partial charge >= 0.3 is 5.97 Å². The lowest BCUT2D eigenvalue weighted by Gasteiger charge is -2.22. The topological polar surface area (TPSA) is 95.9 Å². The molecule has 70 heavy (non-hydrogen) atoms. The third-order valence-corrected chi connectivity index (χ3v) is 14.4. The number of ether oxygens (including phenoxy) is 1. The van der Waals surface area contributed by atoms with Crippen molar-refractivity contribution in [3.63, 3.8) is 0 Å². The zero-order valence-corrected chi connectivity index (χ0v) is 47.0. The number of carbonyl (C=O) groups is 2. The maximum Gasteiger partial charge on any atom is 0.305 e. The molecule has 2 unspecified atom stereocenters. The van der Waals surface area contributed by atoms with E-state index in [1.165, 1.54) is 231 Å². The second-order valence-electron chi connectivity index (χ2n) is 21.4. The van der Waals surface area contributed by atoms with Crippen LogP contribution >= 0.6 is 0 Å². The number of nitrogens with one attached hydrogen (secondary N) is 1.